The molecule has 1 saturated heterocycles. The fourth-order valence-corrected chi connectivity index (χ4v) is 1.84. The number of rotatable bonds is 4. The fraction of sp³-hybridized carbons (Fsp3) is 0.750. The average molecular weight is 227 g/mol. The Hall–Kier alpha value is -0.870. The van der Waals surface area contributed by atoms with Crippen molar-refractivity contribution < 1.29 is 14.6 Å². The maximum Gasteiger partial charge on any atom is 0.331 e. The molecule has 2 unspecified atom stereocenters. The first-order chi connectivity index (χ1) is 7.54. The Morgan fingerprint density at radius 2 is 2.25 bits per heavy atom. The summed E-state index contributed by atoms with van der Waals surface area (Å²) in [6, 6.07) is 0.361. The van der Waals surface area contributed by atoms with Gasteiger partial charge in [0.15, 0.2) is 0 Å². The minimum absolute atomic E-state index is 0.236. The van der Waals surface area contributed by atoms with Gasteiger partial charge in [0.1, 0.15) is 0 Å². The van der Waals surface area contributed by atoms with Crippen LogP contribution in [0.5, 0.6) is 0 Å². The molecule has 16 heavy (non-hydrogen) atoms. The molecule has 1 N–H and O–H groups in total. The lowest BCUT2D eigenvalue weighted by molar-refractivity contribution is -0.132. The molecule has 0 aromatic heterocycles. The molecule has 1 aliphatic heterocycles. The number of carboxylic acid groups (broad SMARTS) is 1. The van der Waals surface area contributed by atoms with Gasteiger partial charge in [-0.25, -0.2) is 4.79 Å². The second-order valence-corrected chi connectivity index (χ2v) is 4.33. The molecule has 0 aromatic carbocycles. The lowest BCUT2D eigenvalue weighted by atomic mass is 10.1. The van der Waals surface area contributed by atoms with E-state index in [0.29, 0.717) is 24.6 Å². The Labute approximate surface area is 96.9 Å². The smallest absolute Gasteiger partial charge is 0.331 e. The average Bonchev–Trinajstić information content (AvgIpc) is 2.23. The molecule has 1 rings (SSSR count). The van der Waals surface area contributed by atoms with Crippen LogP contribution in [0.25, 0.3) is 0 Å². The van der Waals surface area contributed by atoms with Gasteiger partial charge in [-0.05, 0) is 20.3 Å². The predicted molar refractivity (Wildman–Crippen MR) is 62.5 cm³/mol. The Morgan fingerprint density at radius 1 is 1.56 bits per heavy atom. The molecule has 1 aliphatic rings. The van der Waals surface area contributed by atoms with Crippen LogP contribution in [0.15, 0.2) is 11.6 Å². The molecule has 0 spiro atoms. The second kappa shape index (κ2) is 6.01. The first-order valence-electron chi connectivity index (χ1n) is 5.82. The molecular weight excluding hydrogens is 206 g/mol. The summed E-state index contributed by atoms with van der Waals surface area (Å²) in [7, 11) is 0. The first-order valence-corrected chi connectivity index (χ1v) is 5.82. The second-order valence-electron chi connectivity index (χ2n) is 4.33. The standard InChI is InChI=1S/C12H21NO3/c1-4-11(12(14)15)5-6-13-7-10(3)16-8-9(13)2/h5,9-10H,4,6-8H2,1-3H3,(H,14,15). The van der Waals surface area contributed by atoms with Crippen molar-refractivity contribution in [3.63, 3.8) is 0 Å². The van der Waals surface area contributed by atoms with Crippen molar-refractivity contribution in [1.82, 2.24) is 4.90 Å². The van der Waals surface area contributed by atoms with Crippen molar-refractivity contribution in [3.8, 4) is 0 Å². The Kier molecular flexibility index (Phi) is 4.96. The molecule has 4 nitrogen and oxygen atoms in total. The highest BCUT2D eigenvalue weighted by Gasteiger charge is 2.22. The monoisotopic (exact) mass is 227 g/mol. The summed E-state index contributed by atoms with van der Waals surface area (Å²) >= 11 is 0. The molecule has 0 radical (unpaired) electrons. The van der Waals surface area contributed by atoms with Crippen LogP contribution in [0.2, 0.25) is 0 Å². The van der Waals surface area contributed by atoms with Gasteiger partial charge < -0.3 is 9.84 Å². The summed E-state index contributed by atoms with van der Waals surface area (Å²) in [5, 5.41) is 8.91. The van der Waals surface area contributed by atoms with Crippen molar-refractivity contribution in [1.29, 1.82) is 0 Å². The van der Waals surface area contributed by atoms with Crippen molar-refractivity contribution >= 4 is 5.97 Å². The van der Waals surface area contributed by atoms with Crippen LogP contribution in [0, 0.1) is 0 Å². The van der Waals surface area contributed by atoms with E-state index in [2.05, 4.69) is 11.8 Å². The van der Waals surface area contributed by atoms with Gasteiger partial charge >= 0.3 is 5.97 Å². The number of aliphatic carboxylic acids is 1. The van der Waals surface area contributed by atoms with Crippen LogP contribution >= 0.6 is 0 Å². The maximum absolute atomic E-state index is 10.8. The molecular formula is C12H21NO3. The number of morpholine rings is 1. The van der Waals surface area contributed by atoms with Gasteiger partial charge in [-0.1, -0.05) is 13.0 Å². The maximum atomic E-state index is 10.8. The minimum Gasteiger partial charge on any atom is -0.478 e. The molecule has 0 aliphatic carbocycles. The van der Waals surface area contributed by atoms with Gasteiger partial charge in [0, 0.05) is 24.7 Å². The van der Waals surface area contributed by atoms with Gasteiger partial charge in [-0.2, -0.15) is 0 Å². The van der Waals surface area contributed by atoms with Crippen LogP contribution in [0.3, 0.4) is 0 Å². The van der Waals surface area contributed by atoms with E-state index in [1.54, 1.807) is 0 Å². The third kappa shape index (κ3) is 3.61. The van der Waals surface area contributed by atoms with E-state index in [1.165, 1.54) is 0 Å². The number of hydrogen-bond donors (Lipinski definition) is 1. The van der Waals surface area contributed by atoms with Crippen molar-refractivity contribution in [2.45, 2.75) is 39.3 Å². The van der Waals surface area contributed by atoms with Crippen molar-refractivity contribution in [2.75, 3.05) is 19.7 Å². The molecule has 4 heteroatoms. The third-order valence-electron chi connectivity index (χ3n) is 2.96. The van der Waals surface area contributed by atoms with Crippen LogP contribution < -0.4 is 0 Å². The Bertz CT molecular complexity index is 275. The topological polar surface area (TPSA) is 49.8 Å². The Balaban J connectivity index is 2.55. The van der Waals surface area contributed by atoms with E-state index in [0.717, 1.165) is 13.2 Å². The molecule has 92 valence electrons. The zero-order valence-electron chi connectivity index (χ0n) is 10.3. The van der Waals surface area contributed by atoms with Crippen molar-refractivity contribution in [3.05, 3.63) is 11.6 Å². The SMILES string of the molecule is CCC(=CCN1CC(C)OCC1C)C(=O)O. The summed E-state index contributed by atoms with van der Waals surface area (Å²) in [4.78, 5) is 13.1. The van der Waals surface area contributed by atoms with Crippen LogP contribution in [-0.2, 0) is 9.53 Å². The Morgan fingerprint density at radius 3 is 2.81 bits per heavy atom. The summed E-state index contributed by atoms with van der Waals surface area (Å²) in [5.41, 5.74) is 0.492. The zero-order chi connectivity index (χ0) is 12.1. The highest BCUT2D eigenvalue weighted by Crippen LogP contribution is 2.12. The number of carbonyl (C=O) groups is 1. The van der Waals surface area contributed by atoms with E-state index in [1.807, 2.05) is 19.9 Å². The van der Waals surface area contributed by atoms with E-state index < -0.39 is 5.97 Å². The number of nitrogens with zero attached hydrogens (tertiary/aromatic N) is 1. The molecule has 1 heterocycles. The van der Waals surface area contributed by atoms with Gasteiger partial charge in [0.2, 0.25) is 0 Å². The summed E-state index contributed by atoms with van der Waals surface area (Å²) in [5.74, 6) is -0.809. The highest BCUT2D eigenvalue weighted by molar-refractivity contribution is 5.86. The van der Waals surface area contributed by atoms with Crippen LogP contribution in [0.1, 0.15) is 27.2 Å². The van der Waals surface area contributed by atoms with E-state index in [-0.39, 0.29) is 6.10 Å². The van der Waals surface area contributed by atoms with E-state index >= 15 is 0 Å². The normalized spacial score (nSPS) is 28.1. The van der Waals surface area contributed by atoms with Gasteiger partial charge in [-0.3, -0.25) is 4.90 Å². The zero-order valence-corrected chi connectivity index (χ0v) is 10.3. The van der Waals surface area contributed by atoms with Gasteiger partial charge in [0.05, 0.1) is 12.7 Å². The number of carboxylic acids is 1. The predicted octanol–water partition coefficient (Wildman–Crippen LogP) is 1.52. The molecule has 0 saturated carbocycles. The molecule has 2 atom stereocenters. The highest BCUT2D eigenvalue weighted by atomic mass is 16.5. The lowest BCUT2D eigenvalue weighted by Crippen LogP contribution is -2.47. The molecule has 0 bridgehead atoms. The molecule has 1 fully saturated rings. The largest absolute Gasteiger partial charge is 0.478 e. The summed E-state index contributed by atoms with van der Waals surface area (Å²) in [6.45, 7) is 8.31. The molecule has 0 aromatic rings. The van der Waals surface area contributed by atoms with Gasteiger partial charge in [0.25, 0.3) is 0 Å². The molecule has 0 amide bonds. The fourth-order valence-electron chi connectivity index (χ4n) is 1.84. The van der Waals surface area contributed by atoms with Crippen LogP contribution in [0.4, 0.5) is 0 Å². The van der Waals surface area contributed by atoms with Gasteiger partial charge in [-0.15, -0.1) is 0 Å². The van der Waals surface area contributed by atoms with Crippen molar-refractivity contribution in [2.24, 2.45) is 0 Å². The summed E-state index contributed by atoms with van der Waals surface area (Å²) in [6.07, 6.45) is 2.63. The quantitative estimate of drug-likeness (QED) is 0.740. The minimum atomic E-state index is -0.809. The van der Waals surface area contributed by atoms with Crippen LogP contribution in [-0.4, -0.2) is 47.8 Å². The number of ether oxygens (including phenoxy) is 1. The summed E-state index contributed by atoms with van der Waals surface area (Å²) < 4.78 is 5.52. The lowest BCUT2D eigenvalue weighted by Gasteiger charge is -2.36. The first kappa shape index (κ1) is 13.2. The van der Waals surface area contributed by atoms with E-state index in [9.17, 15) is 4.79 Å². The number of hydrogen-bond acceptors (Lipinski definition) is 3. The third-order valence-corrected chi connectivity index (χ3v) is 2.96. The van der Waals surface area contributed by atoms with E-state index in [4.69, 9.17) is 9.84 Å².